The highest BCUT2D eigenvalue weighted by atomic mass is 16.3. The zero-order chi connectivity index (χ0) is 12.1. The van der Waals surface area contributed by atoms with E-state index >= 15 is 0 Å². The molecule has 4 nitrogen and oxygen atoms in total. The standard InChI is InChI=1S/C13H22N2O2/c16-12-8-15(9-12)10-13(17)14-7-6-11-4-2-1-3-5-11/h4,12,16H,1-3,5-10H2,(H,14,17). The Morgan fingerprint density at radius 3 is 2.94 bits per heavy atom. The molecule has 2 rings (SSSR count). The summed E-state index contributed by atoms with van der Waals surface area (Å²) in [6, 6.07) is 0. The molecule has 96 valence electrons. The second kappa shape index (κ2) is 6.17. The van der Waals surface area contributed by atoms with E-state index in [4.69, 9.17) is 5.11 Å². The Balaban J connectivity index is 1.55. The van der Waals surface area contributed by atoms with E-state index in [2.05, 4.69) is 11.4 Å². The number of rotatable bonds is 5. The number of likely N-dealkylation sites (tertiary alicyclic amines) is 1. The fourth-order valence-electron chi connectivity index (χ4n) is 2.42. The number of carbonyl (C=O) groups is 1. The Hall–Kier alpha value is -0.870. The van der Waals surface area contributed by atoms with Gasteiger partial charge in [-0.1, -0.05) is 11.6 Å². The molecule has 0 unspecified atom stereocenters. The van der Waals surface area contributed by atoms with Crippen LogP contribution in [0.1, 0.15) is 32.1 Å². The minimum Gasteiger partial charge on any atom is -0.390 e. The van der Waals surface area contributed by atoms with Crippen LogP contribution in [0.2, 0.25) is 0 Å². The van der Waals surface area contributed by atoms with Crippen LogP contribution in [-0.4, -0.2) is 48.2 Å². The van der Waals surface area contributed by atoms with Gasteiger partial charge in [-0.2, -0.15) is 0 Å². The number of hydrogen-bond donors (Lipinski definition) is 2. The van der Waals surface area contributed by atoms with Crippen LogP contribution >= 0.6 is 0 Å². The number of aliphatic hydroxyl groups is 1. The van der Waals surface area contributed by atoms with E-state index in [-0.39, 0.29) is 12.0 Å². The number of β-amino-alcohol motifs (C(OH)–C–C–N with tert-alkyl or cyclic N) is 1. The Bertz CT molecular complexity index is 296. The highest BCUT2D eigenvalue weighted by molar-refractivity contribution is 5.78. The zero-order valence-corrected chi connectivity index (χ0v) is 10.3. The quantitative estimate of drug-likeness (QED) is 0.692. The van der Waals surface area contributed by atoms with Crippen molar-refractivity contribution < 1.29 is 9.90 Å². The molecule has 0 spiro atoms. The van der Waals surface area contributed by atoms with Crippen LogP contribution in [0.15, 0.2) is 11.6 Å². The van der Waals surface area contributed by atoms with Crippen LogP contribution in [0, 0.1) is 0 Å². The number of aliphatic hydroxyl groups excluding tert-OH is 1. The highest BCUT2D eigenvalue weighted by Crippen LogP contribution is 2.19. The average Bonchev–Trinajstić information content (AvgIpc) is 2.28. The van der Waals surface area contributed by atoms with Crippen molar-refractivity contribution >= 4 is 5.91 Å². The van der Waals surface area contributed by atoms with E-state index < -0.39 is 0 Å². The van der Waals surface area contributed by atoms with Crippen LogP contribution in [0.3, 0.4) is 0 Å². The van der Waals surface area contributed by atoms with Crippen LogP contribution in [0.4, 0.5) is 0 Å². The fourth-order valence-corrected chi connectivity index (χ4v) is 2.42. The lowest BCUT2D eigenvalue weighted by molar-refractivity contribution is -0.124. The summed E-state index contributed by atoms with van der Waals surface area (Å²) >= 11 is 0. The highest BCUT2D eigenvalue weighted by Gasteiger charge is 2.25. The molecule has 1 amide bonds. The third-order valence-corrected chi connectivity index (χ3v) is 3.46. The van der Waals surface area contributed by atoms with Gasteiger partial charge in [-0.05, 0) is 32.1 Å². The first-order chi connectivity index (χ1) is 8.24. The Morgan fingerprint density at radius 1 is 1.47 bits per heavy atom. The summed E-state index contributed by atoms with van der Waals surface area (Å²) in [5.41, 5.74) is 1.50. The molecule has 1 fully saturated rings. The maximum atomic E-state index is 11.5. The summed E-state index contributed by atoms with van der Waals surface area (Å²) in [5, 5.41) is 12.0. The van der Waals surface area contributed by atoms with E-state index in [1.165, 1.54) is 31.3 Å². The number of hydrogen-bond acceptors (Lipinski definition) is 3. The minimum atomic E-state index is -0.227. The number of carbonyl (C=O) groups excluding carboxylic acids is 1. The van der Waals surface area contributed by atoms with Gasteiger partial charge in [0.25, 0.3) is 0 Å². The lowest BCUT2D eigenvalue weighted by Gasteiger charge is -2.35. The third-order valence-electron chi connectivity index (χ3n) is 3.46. The largest absolute Gasteiger partial charge is 0.390 e. The Morgan fingerprint density at radius 2 is 2.29 bits per heavy atom. The first kappa shape index (κ1) is 12.6. The molecule has 2 aliphatic rings. The van der Waals surface area contributed by atoms with Crippen molar-refractivity contribution in [1.82, 2.24) is 10.2 Å². The van der Waals surface area contributed by atoms with E-state index in [9.17, 15) is 4.79 Å². The smallest absolute Gasteiger partial charge is 0.234 e. The molecule has 0 aromatic carbocycles. The minimum absolute atomic E-state index is 0.0771. The van der Waals surface area contributed by atoms with Crippen molar-refractivity contribution in [3.8, 4) is 0 Å². The van der Waals surface area contributed by atoms with Gasteiger partial charge in [-0.15, -0.1) is 0 Å². The van der Waals surface area contributed by atoms with Gasteiger partial charge in [-0.25, -0.2) is 0 Å². The zero-order valence-electron chi connectivity index (χ0n) is 10.3. The van der Waals surface area contributed by atoms with Gasteiger partial charge in [0.1, 0.15) is 0 Å². The molecule has 1 heterocycles. The Labute approximate surface area is 103 Å². The summed E-state index contributed by atoms with van der Waals surface area (Å²) in [6.07, 6.45) is 8.10. The topological polar surface area (TPSA) is 52.6 Å². The van der Waals surface area contributed by atoms with Gasteiger partial charge in [-0.3, -0.25) is 9.69 Å². The number of nitrogens with zero attached hydrogens (tertiary/aromatic N) is 1. The Kier molecular flexibility index (Phi) is 4.57. The predicted molar refractivity (Wildman–Crippen MR) is 66.6 cm³/mol. The second-order valence-electron chi connectivity index (χ2n) is 5.06. The maximum Gasteiger partial charge on any atom is 0.234 e. The molecule has 0 saturated carbocycles. The van der Waals surface area contributed by atoms with E-state index in [1.54, 1.807) is 0 Å². The van der Waals surface area contributed by atoms with E-state index in [1.807, 2.05) is 4.90 Å². The second-order valence-corrected chi connectivity index (χ2v) is 5.06. The molecule has 0 bridgehead atoms. The molecule has 0 aromatic heterocycles. The van der Waals surface area contributed by atoms with Crippen LogP contribution in [0.5, 0.6) is 0 Å². The van der Waals surface area contributed by atoms with Gasteiger partial charge in [0, 0.05) is 19.6 Å². The van der Waals surface area contributed by atoms with Crippen LogP contribution < -0.4 is 5.32 Å². The van der Waals surface area contributed by atoms with Gasteiger partial charge >= 0.3 is 0 Å². The van der Waals surface area contributed by atoms with Crippen LogP contribution in [-0.2, 0) is 4.79 Å². The molecule has 2 N–H and O–H groups in total. The molecule has 1 aliphatic heterocycles. The normalized spacial score (nSPS) is 21.8. The maximum absolute atomic E-state index is 11.5. The SMILES string of the molecule is O=C(CN1CC(O)C1)NCCC1=CCCCC1. The van der Waals surface area contributed by atoms with E-state index in [0.29, 0.717) is 19.6 Å². The summed E-state index contributed by atoms with van der Waals surface area (Å²) in [6.45, 7) is 2.45. The molecule has 1 aliphatic carbocycles. The molecule has 17 heavy (non-hydrogen) atoms. The summed E-state index contributed by atoms with van der Waals surface area (Å²) in [5.74, 6) is 0.0771. The summed E-state index contributed by atoms with van der Waals surface area (Å²) in [4.78, 5) is 13.5. The molecule has 1 saturated heterocycles. The predicted octanol–water partition coefficient (Wildman–Crippen LogP) is 0.670. The molecular weight excluding hydrogens is 216 g/mol. The number of allylic oxidation sites excluding steroid dienone is 1. The van der Waals surface area contributed by atoms with Gasteiger partial charge in [0.05, 0.1) is 12.6 Å². The summed E-state index contributed by atoms with van der Waals surface area (Å²) in [7, 11) is 0. The fraction of sp³-hybridized carbons (Fsp3) is 0.769. The monoisotopic (exact) mass is 238 g/mol. The molecular formula is C13H22N2O2. The van der Waals surface area contributed by atoms with E-state index in [0.717, 1.165) is 13.0 Å². The third kappa shape index (κ3) is 4.13. The van der Waals surface area contributed by atoms with Crippen LogP contribution in [0.25, 0.3) is 0 Å². The summed E-state index contributed by atoms with van der Waals surface area (Å²) < 4.78 is 0. The van der Waals surface area contributed by atoms with Crippen molar-refractivity contribution in [3.05, 3.63) is 11.6 Å². The van der Waals surface area contributed by atoms with Gasteiger partial charge in [0.15, 0.2) is 0 Å². The lowest BCUT2D eigenvalue weighted by atomic mass is 9.97. The van der Waals surface area contributed by atoms with Crippen molar-refractivity contribution in [3.63, 3.8) is 0 Å². The average molecular weight is 238 g/mol. The first-order valence-electron chi connectivity index (χ1n) is 6.59. The van der Waals surface area contributed by atoms with Crippen molar-refractivity contribution in [2.45, 2.75) is 38.2 Å². The molecule has 4 heteroatoms. The molecule has 0 aromatic rings. The van der Waals surface area contributed by atoms with Crippen molar-refractivity contribution in [2.75, 3.05) is 26.2 Å². The molecule has 0 atom stereocenters. The lowest BCUT2D eigenvalue weighted by Crippen LogP contribution is -2.53. The number of amides is 1. The first-order valence-corrected chi connectivity index (χ1v) is 6.59. The van der Waals surface area contributed by atoms with Crippen molar-refractivity contribution in [1.29, 1.82) is 0 Å². The van der Waals surface area contributed by atoms with Gasteiger partial charge in [0.2, 0.25) is 5.91 Å². The van der Waals surface area contributed by atoms with Crippen molar-refractivity contribution in [2.24, 2.45) is 0 Å². The van der Waals surface area contributed by atoms with Gasteiger partial charge < -0.3 is 10.4 Å². The number of nitrogens with one attached hydrogen (secondary N) is 1. The molecule has 0 radical (unpaired) electrons.